The van der Waals surface area contributed by atoms with E-state index in [0.717, 1.165) is 12.1 Å². The summed E-state index contributed by atoms with van der Waals surface area (Å²) in [5.74, 6) is -3.74. The summed E-state index contributed by atoms with van der Waals surface area (Å²) in [5.41, 5.74) is -0.588. The minimum atomic E-state index is -3.35. The third-order valence-corrected chi connectivity index (χ3v) is 7.52. The fourth-order valence-electron chi connectivity index (χ4n) is 3.31. The summed E-state index contributed by atoms with van der Waals surface area (Å²) < 4.78 is 75.7. The summed E-state index contributed by atoms with van der Waals surface area (Å²) in [5, 5.41) is 0. The van der Waals surface area contributed by atoms with Crippen molar-refractivity contribution in [1.82, 2.24) is 9.97 Å². The van der Waals surface area contributed by atoms with Gasteiger partial charge in [-0.1, -0.05) is 6.92 Å². The number of fused-ring (bicyclic) bond motifs is 1. The average molecular weight is 498 g/mol. The summed E-state index contributed by atoms with van der Waals surface area (Å²) >= 11 is -2.74. The van der Waals surface area contributed by atoms with Crippen LogP contribution in [0.4, 0.5) is 14.5 Å². The Morgan fingerprint density at radius 2 is 1.79 bits per heavy atom. The molecule has 1 atom stereocenters. The van der Waals surface area contributed by atoms with Gasteiger partial charge in [0.25, 0.3) is 11.3 Å². The van der Waals surface area contributed by atoms with Crippen molar-refractivity contribution in [3.8, 4) is 0 Å². The molecule has 3 rings (SSSR count). The molecule has 0 saturated carbocycles. The van der Waals surface area contributed by atoms with Crippen LogP contribution in [0.3, 0.4) is 0 Å². The lowest BCUT2D eigenvalue weighted by atomic mass is 10.0. The molecule has 1 N–H and O–H groups in total. The summed E-state index contributed by atoms with van der Waals surface area (Å²) in [7, 11) is -3.35. The van der Waals surface area contributed by atoms with E-state index >= 15 is 4.39 Å². The van der Waals surface area contributed by atoms with Gasteiger partial charge < -0.3 is 0 Å². The molecule has 0 aliphatic rings. The van der Waals surface area contributed by atoms with Crippen LogP contribution in [-0.4, -0.2) is 51.0 Å². The van der Waals surface area contributed by atoms with E-state index in [1.807, 2.05) is 0 Å². The highest BCUT2D eigenvalue weighted by atomic mass is 32.2. The molecule has 0 aliphatic heterocycles. The van der Waals surface area contributed by atoms with Crippen LogP contribution in [-0.2, 0) is 21.1 Å². The molecule has 3 aromatic rings. The van der Waals surface area contributed by atoms with E-state index in [9.17, 15) is 26.4 Å². The Morgan fingerprint density at radius 3 is 2.45 bits per heavy atom. The maximum atomic E-state index is 15.3. The second-order valence-electron chi connectivity index (χ2n) is 7.18. The van der Waals surface area contributed by atoms with Crippen molar-refractivity contribution >= 4 is 43.6 Å². The van der Waals surface area contributed by atoms with Crippen LogP contribution < -0.4 is 4.31 Å². The fraction of sp³-hybridized carbons (Fsp3) is 0.286. The Bertz CT molecular complexity index is 1320. The second kappa shape index (κ2) is 10.4. The van der Waals surface area contributed by atoms with E-state index in [1.54, 1.807) is 6.92 Å². The minimum absolute atomic E-state index is 0.0328. The first kappa shape index (κ1) is 24.8. The van der Waals surface area contributed by atoms with Crippen LogP contribution >= 0.6 is 0 Å². The van der Waals surface area contributed by atoms with Gasteiger partial charge in [-0.3, -0.25) is 23.6 Å². The highest BCUT2D eigenvalue weighted by Crippen LogP contribution is 2.28. The lowest BCUT2D eigenvalue weighted by Crippen LogP contribution is -2.29. The van der Waals surface area contributed by atoms with Gasteiger partial charge in [0.1, 0.15) is 15.7 Å². The Labute approximate surface area is 192 Å². The molecule has 0 spiro atoms. The van der Waals surface area contributed by atoms with E-state index in [4.69, 9.17) is 0 Å². The number of nitrogens with zero attached hydrogens (tertiary/aromatic N) is 3. The van der Waals surface area contributed by atoms with Gasteiger partial charge in [-0.15, -0.1) is 0 Å². The molecule has 0 amide bonds. The summed E-state index contributed by atoms with van der Waals surface area (Å²) in [4.78, 5) is 21.1. The third kappa shape index (κ3) is 5.75. The lowest BCUT2D eigenvalue weighted by Gasteiger charge is -2.21. The van der Waals surface area contributed by atoms with Gasteiger partial charge in [0, 0.05) is 30.3 Å². The molecule has 176 valence electrons. The maximum absolute atomic E-state index is 15.3. The van der Waals surface area contributed by atoms with E-state index in [1.165, 1.54) is 30.6 Å². The molecule has 0 fully saturated rings. The highest BCUT2D eigenvalue weighted by Gasteiger charge is 2.26. The quantitative estimate of drug-likeness (QED) is 0.337. The predicted octanol–water partition coefficient (Wildman–Crippen LogP) is 3.30. The van der Waals surface area contributed by atoms with Crippen LogP contribution in [0.2, 0.25) is 0 Å². The molecule has 0 bridgehead atoms. The molecule has 2 aromatic carbocycles. The van der Waals surface area contributed by atoms with Crippen molar-refractivity contribution in [1.29, 1.82) is 0 Å². The number of benzene rings is 2. The zero-order valence-electron chi connectivity index (χ0n) is 17.6. The molecule has 0 aliphatic carbocycles. The van der Waals surface area contributed by atoms with E-state index in [-0.39, 0.29) is 30.0 Å². The summed E-state index contributed by atoms with van der Waals surface area (Å²) in [6, 6.07) is 5.94. The molecule has 8 nitrogen and oxygen atoms in total. The summed E-state index contributed by atoms with van der Waals surface area (Å²) in [6.07, 6.45) is 3.24. The fourth-order valence-corrected chi connectivity index (χ4v) is 5.30. The van der Waals surface area contributed by atoms with Crippen LogP contribution in [0.15, 0.2) is 42.7 Å². The predicted molar refractivity (Wildman–Crippen MR) is 121 cm³/mol. The zero-order chi connectivity index (χ0) is 24.2. The number of sulfone groups is 1. The Kier molecular flexibility index (Phi) is 7.82. The van der Waals surface area contributed by atoms with Gasteiger partial charge in [0.15, 0.2) is 11.6 Å². The monoisotopic (exact) mass is 497 g/mol. The van der Waals surface area contributed by atoms with Crippen molar-refractivity contribution < 1.29 is 30.8 Å². The standard InChI is InChI=1S/C21H21F2N3O5S2/c1-2-11-33(30,31)12-3-10-26(32(28)29)18-7-5-15(22)19(20(18)23)21(27)14-4-6-16-17(13-14)25-9-8-24-16/h4-9,13H,2-3,10-12H2,1H3,(H,28,29). The van der Waals surface area contributed by atoms with Crippen LogP contribution in [0.25, 0.3) is 11.0 Å². The van der Waals surface area contributed by atoms with Gasteiger partial charge >= 0.3 is 0 Å². The molecular weight excluding hydrogens is 476 g/mol. The Hall–Kier alpha value is -2.83. The largest absolute Gasteiger partial charge is 0.289 e. The van der Waals surface area contributed by atoms with Crippen LogP contribution in [0.5, 0.6) is 0 Å². The first-order chi connectivity index (χ1) is 15.6. The molecule has 1 heterocycles. The van der Waals surface area contributed by atoms with E-state index in [2.05, 4.69) is 9.97 Å². The number of aromatic nitrogens is 2. The molecule has 33 heavy (non-hydrogen) atoms. The SMILES string of the molecule is CCCS(=O)(=O)CCCN(c1ccc(F)c(C(=O)c2ccc3nccnc3c2)c1F)S(=O)O. The molecule has 0 radical (unpaired) electrons. The van der Waals surface area contributed by atoms with Crippen molar-refractivity contribution in [3.63, 3.8) is 0 Å². The van der Waals surface area contributed by atoms with Gasteiger partial charge in [-0.05, 0) is 43.2 Å². The number of halogens is 2. The zero-order valence-corrected chi connectivity index (χ0v) is 19.2. The first-order valence-electron chi connectivity index (χ1n) is 9.97. The minimum Gasteiger partial charge on any atom is -0.289 e. The normalized spacial score (nSPS) is 12.6. The molecule has 1 aromatic heterocycles. The molecule has 1 unspecified atom stereocenters. The highest BCUT2D eigenvalue weighted by molar-refractivity contribution is 7.91. The maximum Gasteiger partial charge on any atom is 0.261 e. The topological polar surface area (TPSA) is 118 Å². The Balaban J connectivity index is 1.93. The van der Waals surface area contributed by atoms with Gasteiger partial charge in [0.2, 0.25) is 0 Å². The third-order valence-electron chi connectivity index (χ3n) is 4.82. The van der Waals surface area contributed by atoms with Crippen LogP contribution in [0, 0.1) is 11.6 Å². The lowest BCUT2D eigenvalue weighted by molar-refractivity contribution is 0.103. The summed E-state index contributed by atoms with van der Waals surface area (Å²) in [6.45, 7) is 1.41. The number of carbonyl (C=O) groups is 1. The average Bonchev–Trinajstić information content (AvgIpc) is 2.76. The van der Waals surface area contributed by atoms with Crippen molar-refractivity contribution in [2.75, 3.05) is 22.4 Å². The molecule has 0 saturated heterocycles. The molecule has 12 heteroatoms. The van der Waals surface area contributed by atoms with Crippen molar-refractivity contribution in [3.05, 3.63) is 65.5 Å². The number of rotatable bonds is 10. The van der Waals surface area contributed by atoms with Crippen molar-refractivity contribution in [2.24, 2.45) is 0 Å². The van der Waals surface area contributed by atoms with E-state index < -0.39 is 49.8 Å². The smallest absolute Gasteiger partial charge is 0.261 e. The number of ketones is 1. The molecular formula is C21H21F2N3O5S2. The van der Waals surface area contributed by atoms with Crippen molar-refractivity contribution in [2.45, 2.75) is 19.8 Å². The first-order valence-corrected chi connectivity index (χ1v) is 12.9. The number of anilines is 1. The number of hydrogen-bond acceptors (Lipinski definition) is 6. The van der Waals surface area contributed by atoms with Gasteiger partial charge in [0.05, 0.1) is 28.0 Å². The van der Waals surface area contributed by atoms with Gasteiger partial charge in [-0.2, -0.15) is 0 Å². The second-order valence-corrected chi connectivity index (χ2v) is 10.4. The van der Waals surface area contributed by atoms with Gasteiger partial charge in [-0.25, -0.2) is 21.4 Å². The Morgan fingerprint density at radius 1 is 1.09 bits per heavy atom. The number of hydrogen-bond donors (Lipinski definition) is 1. The van der Waals surface area contributed by atoms with E-state index in [0.29, 0.717) is 21.8 Å². The van der Waals surface area contributed by atoms with Crippen LogP contribution in [0.1, 0.15) is 35.7 Å². The number of carbonyl (C=O) groups excluding carboxylic acids is 1.